The minimum atomic E-state index is -3.67. The van der Waals surface area contributed by atoms with Gasteiger partial charge in [0.2, 0.25) is 10.0 Å². The molecule has 1 aromatic carbocycles. The highest BCUT2D eigenvalue weighted by molar-refractivity contribution is 7.89. The predicted octanol–water partition coefficient (Wildman–Crippen LogP) is 2.06. The Kier molecular flexibility index (Phi) is 4.66. The van der Waals surface area contributed by atoms with Crippen molar-refractivity contribution < 1.29 is 13.2 Å². The number of hydrogen-bond donors (Lipinski definition) is 1. The lowest BCUT2D eigenvalue weighted by Crippen LogP contribution is -2.40. The summed E-state index contributed by atoms with van der Waals surface area (Å²) in [6.45, 7) is 2.44. The Labute approximate surface area is 123 Å². The molecule has 2 atom stereocenters. The van der Waals surface area contributed by atoms with E-state index in [4.69, 9.17) is 21.6 Å². The molecule has 0 spiro atoms. The molecule has 1 heterocycles. The van der Waals surface area contributed by atoms with Crippen LogP contribution in [0.2, 0.25) is 5.02 Å². The van der Waals surface area contributed by atoms with Gasteiger partial charge in [0, 0.05) is 12.6 Å². The van der Waals surface area contributed by atoms with Crippen LogP contribution in [0.1, 0.15) is 25.3 Å². The van der Waals surface area contributed by atoms with E-state index < -0.39 is 10.0 Å². The number of halogens is 1. The van der Waals surface area contributed by atoms with E-state index in [1.807, 2.05) is 6.07 Å². The van der Waals surface area contributed by atoms with Crippen molar-refractivity contribution >= 4 is 21.6 Å². The number of hydrogen-bond acceptors (Lipinski definition) is 4. The Morgan fingerprint density at radius 2 is 2.30 bits per heavy atom. The van der Waals surface area contributed by atoms with Gasteiger partial charge >= 0.3 is 0 Å². The molecule has 0 aromatic heterocycles. The van der Waals surface area contributed by atoms with Gasteiger partial charge in [-0.1, -0.05) is 11.6 Å². The van der Waals surface area contributed by atoms with Gasteiger partial charge in [-0.25, -0.2) is 13.1 Å². The van der Waals surface area contributed by atoms with Gasteiger partial charge < -0.3 is 4.74 Å². The van der Waals surface area contributed by atoms with E-state index in [9.17, 15) is 8.42 Å². The standard InChI is InChI=1S/C13H15ClN2O3S/c1-9(13-3-2-6-19-13)16-20(17,18)11-5-4-10(8-15)12(14)7-11/h4-5,7,9,13,16H,2-3,6H2,1H3/t9-,13-/m1/s1. The van der Waals surface area contributed by atoms with E-state index in [0.29, 0.717) is 6.61 Å². The zero-order chi connectivity index (χ0) is 14.8. The lowest BCUT2D eigenvalue weighted by atomic mass is 10.1. The van der Waals surface area contributed by atoms with Gasteiger partial charge in [-0.3, -0.25) is 0 Å². The molecule has 2 rings (SSSR count). The van der Waals surface area contributed by atoms with E-state index in [0.717, 1.165) is 12.8 Å². The fraction of sp³-hybridized carbons (Fsp3) is 0.462. The Morgan fingerprint density at radius 1 is 1.55 bits per heavy atom. The largest absolute Gasteiger partial charge is 0.377 e. The first-order valence-corrected chi connectivity index (χ1v) is 8.14. The maximum absolute atomic E-state index is 12.2. The summed E-state index contributed by atoms with van der Waals surface area (Å²) in [5, 5.41) is 8.91. The molecule has 5 nitrogen and oxygen atoms in total. The van der Waals surface area contributed by atoms with Crippen LogP contribution in [0, 0.1) is 11.3 Å². The topological polar surface area (TPSA) is 79.2 Å². The van der Waals surface area contributed by atoms with E-state index in [-0.39, 0.29) is 27.6 Å². The monoisotopic (exact) mass is 314 g/mol. The summed E-state index contributed by atoms with van der Waals surface area (Å²) < 4.78 is 32.5. The molecule has 0 unspecified atom stereocenters. The molecule has 108 valence electrons. The molecule has 20 heavy (non-hydrogen) atoms. The number of nitrogens with one attached hydrogen (secondary N) is 1. The lowest BCUT2D eigenvalue weighted by molar-refractivity contribution is 0.0902. The zero-order valence-electron chi connectivity index (χ0n) is 11.0. The van der Waals surface area contributed by atoms with Crippen LogP contribution in [0.4, 0.5) is 0 Å². The van der Waals surface area contributed by atoms with Crippen LogP contribution in [-0.4, -0.2) is 27.2 Å². The summed E-state index contributed by atoms with van der Waals surface area (Å²) in [7, 11) is -3.67. The summed E-state index contributed by atoms with van der Waals surface area (Å²) in [5.41, 5.74) is 0.248. The molecule has 0 amide bonds. The van der Waals surface area contributed by atoms with Crippen molar-refractivity contribution in [1.29, 1.82) is 5.26 Å². The van der Waals surface area contributed by atoms with Crippen molar-refractivity contribution in [2.75, 3.05) is 6.61 Å². The first-order valence-electron chi connectivity index (χ1n) is 6.27. The second-order valence-electron chi connectivity index (χ2n) is 4.71. The molecule has 1 aliphatic rings. The van der Waals surface area contributed by atoms with Crippen LogP contribution < -0.4 is 4.72 Å². The number of nitrogens with zero attached hydrogens (tertiary/aromatic N) is 1. The van der Waals surface area contributed by atoms with Crippen molar-refractivity contribution in [3.8, 4) is 6.07 Å². The molecule has 0 aliphatic carbocycles. The zero-order valence-corrected chi connectivity index (χ0v) is 12.5. The lowest BCUT2D eigenvalue weighted by Gasteiger charge is -2.20. The number of benzene rings is 1. The van der Waals surface area contributed by atoms with E-state index in [1.165, 1.54) is 18.2 Å². The molecule has 1 aliphatic heterocycles. The fourth-order valence-electron chi connectivity index (χ4n) is 2.14. The van der Waals surface area contributed by atoms with Gasteiger partial charge in [0.25, 0.3) is 0 Å². The van der Waals surface area contributed by atoms with Crippen LogP contribution in [0.5, 0.6) is 0 Å². The summed E-state index contributed by atoms with van der Waals surface area (Å²) in [4.78, 5) is 0.0475. The first kappa shape index (κ1) is 15.3. The van der Waals surface area contributed by atoms with Crippen molar-refractivity contribution in [3.63, 3.8) is 0 Å². The van der Waals surface area contributed by atoms with Crippen molar-refractivity contribution in [2.24, 2.45) is 0 Å². The highest BCUT2D eigenvalue weighted by Crippen LogP contribution is 2.22. The average molecular weight is 315 g/mol. The third-order valence-electron chi connectivity index (χ3n) is 3.23. The number of ether oxygens (including phenoxy) is 1. The van der Waals surface area contributed by atoms with E-state index >= 15 is 0 Å². The summed E-state index contributed by atoms with van der Waals surface area (Å²) in [6.07, 6.45) is 1.69. The number of rotatable bonds is 4. The smallest absolute Gasteiger partial charge is 0.240 e. The van der Waals surface area contributed by atoms with Crippen molar-refractivity contribution in [1.82, 2.24) is 4.72 Å². The van der Waals surface area contributed by atoms with Crippen LogP contribution in [0.15, 0.2) is 23.1 Å². The third kappa shape index (κ3) is 3.30. The van der Waals surface area contributed by atoms with Crippen LogP contribution in [0.3, 0.4) is 0 Å². The molecule has 0 bridgehead atoms. The molecule has 0 radical (unpaired) electrons. The second-order valence-corrected chi connectivity index (χ2v) is 6.84. The Morgan fingerprint density at radius 3 is 2.85 bits per heavy atom. The Hall–Kier alpha value is -1.13. The Bertz CT molecular complexity index is 634. The quantitative estimate of drug-likeness (QED) is 0.922. The van der Waals surface area contributed by atoms with Gasteiger partial charge in [-0.15, -0.1) is 0 Å². The molecular weight excluding hydrogens is 300 g/mol. The normalized spacial score (nSPS) is 20.6. The molecule has 1 saturated heterocycles. The summed E-state index contributed by atoms with van der Waals surface area (Å²) in [6, 6.07) is 5.63. The summed E-state index contributed by atoms with van der Waals surface area (Å²) >= 11 is 5.86. The van der Waals surface area contributed by atoms with E-state index in [2.05, 4.69) is 4.72 Å². The van der Waals surface area contributed by atoms with Crippen molar-refractivity contribution in [3.05, 3.63) is 28.8 Å². The maximum atomic E-state index is 12.2. The summed E-state index contributed by atoms with van der Waals surface area (Å²) in [5.74, 6) is 0. The van der Waals surface area contributed by atoms with Gasteiger partial charge in [0.05, 0.1) is 21.6 Å². The molecular formula is C13H15ClN2O3S. The average Bonchev–Trinajstić information content (AvgIpc) is 2.92. The minimum absolute atomic E-state index is 0.0475. The van der Waals surface area contributed by atoms with Crippen molar-refractivity contribution in [2.45, 2.75) is 36.8 Å². The minimum Gasteiger partial charge on any atom is -0.377 e. The van der Waals surface area contributed by atoms with E-state index in [1.54, 1.807) is 6.92 Å². The second kappa shape index (κ2) is 6.10. The van der Waals surface area contributed by atoms with Crippen LogP contribution in [-0.2, 0) is 14.8 Å². The van der Waals surface area contributed by atoms with Gasteiger partial charge in [0.15, 0.2) is 0 Å². The number of nitriles is 1. The van der Waals surface area contributed by atoms with Gasteiger partial charge in [-0.2, -0.15) is 5.26 Å². The molecule has 7 heteroatoms. The number of sulfonamides is 1. The first-order chi connectivity index (χ1) is 9.44. The van der Waals surface area contributed by atoms with Crippen LogP contribution >= 0.6 is 11.6 Å². The van der Waals surface area contributed by atoms with Gasteiger partial charge in [-0.05, 0) is 38.0 Å². The third-order valence-corrected chi connectivity index (χ3v) is 5.10. The van der Waals surface area contributed by atoms with Crippen LogP contribution in [0.25, 0.3) is 0 Å². The maximum Gasteiger partial charge on any atom is 0.240 e. The molecule has 1 fully saturated rings. The highest BCUT2D eigenvalue weighted by atomic mass is 35.5. The molecule has 1 N–H and O–H groups in total. The SMILES string of the molecule is C[C@@H](NS(=O)(=O)c1ccc(C#N)c(Cl)c1)[C@H]1CCCO1. The van der Waals surface area contributed by atoms with Gasteiger partial charge in [0.1, 0.15) is 6.07 Å². The highest BCUT2D eigenvalue weighted by Gasteiger charge is 2.27. The molecule has 1 aromatic rings. The Balaban J connectivity index is 2.18. The predicted molar refractivity (Wildman–Crippen MR) is 74.9 cm³/mol. The molecule has 0 saturated carbocycles. The fourth-order valence-corrected chi connectivity index (χ4v) is 3.72.